The van der Waals surface area contributed by atoms with Gasteiger partial charge in [-0.3, -0.25) is 24.0 Å². The van der Waals surface area contributed by atoms with E-state index in [1.54, 1.807) is 42.5 Å². The Morgan fingerprint density at radius 3 is 2.36 bits per heavy atom. The van der Waals surface area contributed by atoms with E-state index in [-0.39, 0.29) is 68.4 Å². The fourth-order valence-corrected chi connectivity index (χ4v) is 5.78. The van der Waals surface area contributed by atoms with E-state index in [4.69, 9.17) is 4.74 Å². The number of amides is 5. The van der Waals surface area contributed by atoms with Crippen LogP contribution in [0.4, 0.5) is 4.39 Å². The van der Waals surface area contributed by atoms with Gasteiger partial charge in [0.25, 0.3) is 5.91 Å². The van der Waals surface area contributed by atoms with Crippen LogP contribution in [0, 0.1) is 11.7 Å². The van der Waals surface area contributed by atoms with Gasteiger partial charge in [-0.15, -0.1) is 0 Å². The van der Waals surface area contributed by atoms with Crippen molar-refractivity contribution in [1.29, 1.82) is 0 Å². The zero-order chi connectivity index (χ0) is 36.0. The summed E-state index contributed by atoms with van der Waals surface area (Å²) in [5.74, 6) is -2.45. The van der Waals surface area contributed by atoms with E-state index in [0.29, 0.717) is 12.0 Å². The Bertz CT molecular complexity index is 1630. The summed E-state index contributed by atoms with van der Waals surface area (Å²) in [6, 6.07) is 19.4. The lowest BCUT2D eigenvalue weighted by molar-refractivity contribution is -0.138. The monoisotopic (exact) mass is 687 g/mol. The van der Waals surface area contributed by atoms with Crippen LogP contribution in [-0.4, -0.2) is 79.3 Å². The predicted octanol–water partition coefficient (Wildman–Crippen LogP) is 3.17. The summed E-state index contributed by atoms with van der Waals surface area (Å²) >= 11 is 0. The Morgan fingerprint density at radius 2 is 1.62 bits per heavy atom. The van der Waals surface area contributed by atoms with Crippen LogP contribution >= 0.6 is 0 Å². The number of likely N-dealkylation sites (N-methyl/N-ethyl adjacent to an activating group) is 1. The van der Waals surface area contributed by atoms with Crippen molar-refractivity contribution < 1.29 is 33.1 Å². The van der Waals surface area contributed by atoms with Gasteiger partial charge in [0.2, 0.25) is 23.6 Å². The van der Waals surface area contributed by atoms with Crippen LogP contribution in [0.25, 0.3) is 0 Å². The molecule has 1 aliphatic heterocycles. The molecular formula is C38H46FN5O6. The van der Waals surface area contributed by atoms with Gasteiger partial charge in [-0.05, 0) is 54.5 Å². The largest absolute Gasteiger partial charge is 0.491 e. The molecule has 1 aliphatic rings. The number of benzene rings is 3. The van der Waals surface area contributed by atoms with E-state index in [2.05, 4.69) is 21.3 Å². The Kier molecular flexibility index (Phi) is 13.9. The maximum atomic E-state index is 14.2. The minimum atomic E-state index is -1.14. The Morgan fingerprint density at radius 1 is 0.920 bits per heavy atom. The molecule has 266 valence electrons. The lowest BCUT2D eigenvalue weighted by Crippen LogP contribution is -2.52. The molecule has 0 bridgehead atoms. The molecule has 0 aromatic heterocycles. The summed E-state index contributed by atoms with van der Waals surface area (Å²) in [5, 5.41) is 11.2. The van der Waals surface area contributed by atoms with E-state index in [9.17, 15) is 28.4 Å². The van der Waals surface area contributed by atoms with Crippen LogP contribution in [0.15, 0.2) is 78.9 Å². The van der Waals surface area contributed by atoms with Crippen molar-refractivity contribution in [2.24, 2.45) is 5.92 Å². The second kappa shape index (κ2) is 18.5. The molecule has 50 heavy (non-hydrogen) atoms. The molecule has 3 aromatic rings. The van der Waals surface area contributed by atoms with Crippen LogP contribution in [0.3, 0.4) is 0 Å². The molecule has 0 saturated carbocycles. The Balaban J connectivity index is 1.60. The summed E-state index contributed by atoms with van der Waals surface area (Å²) in [6.45, 7) is 3.92. The number of ether oxygens (including phenoxy) is 1. The molecule has 3 aromatic carbocycles. The second-order valence-corrected chi connectivity index (χ2v) is 12.9. The van der Waals surface area contributed by atoms with Crippen molar-refractivity contribution in [2.45, 2.75) is 64.1 Å². The molecule has 0 aliphatic carbocycles. The topological polar surface area (TPSA) is 146 Å². The van der Waals surface area contributed by atoms with Gasteiger partial charge in [0.1, 0.15) is 30.3 Å². The fourth-order valence-electron chi connectivity index (χ4n) is 5.78. The molecule has 5 amide bonds. The lowest BCUT2D eigenvalue weighted by Gasteiger charge is -2.27. The first kappa shape index (κ1) is 37.6. The SMILES string of the molecule is CC(C)C[C@H]1COc2ccccc2C(=O)N[C@H](C(=O)NCCc2ccccc2F)CCC(=O)N[C@@H](Cc2ccccc2)C(=O)N(C)CC(=O)N1. The van der Waals surface area contributed by atoms with Crippen LogP contribution in [-0.2, 0) is 32.0 Å². The molecular weight excluding hydrogens is 641 g/mol. The number of carbonyl (C=O) groups excluding carboxylic acids is 5. The highest BCUT2D eigenvalue weighted by Gasteiger charge is 2.29. The number of fused-ring (bicyclic) bond motifs is 1. The third-order valence-electron chi connectivity index (χ3n) is 8.30. The van der Waals surface area contributed by atoms with Crippen molar-refractivity contribution in [1.82, 2.24) is 26.2 Å². The predicted molar refractivity (Wildman–Crippen MR) is 187 cm³/mol. The summed E-state index contributed by atoms with van der Waals surface area (Å²) in [6.07, 6.45) is 0.673. The summed E-state index contributed by atoms with van der Waals surface area (Å²) in [7, 11) is 1.51. The van der Waals surface area contributed by atoms with Crippen LogP contribution in [0.5, 0.6) is 5.75 Å². The molecule has 0 radical (unpaired) electrons. The van der Waals surface area contributed by atoms with E-state index in [1.807, 2.05) is 44.2 Å². The fraction of sp³-hybridized carbons (Fsp3) is 0.395. The normalized spacial score (nSPS) is 19.6. The number of nitrogens with zero attached hydrogens (tertiary/aromatic N) is 1. The first-order chi connectivity index (χ1) is 24.0. The highest BCUT2D eigenvalue weighted by atomic mass is 19.1. The van der Waals surface area contributed by atoms with Gasteiger partial charge in [0.05, 0.1) is 18.2 Å². The van der Waals surface area contributed by atoms with E-state index >= 15 is 0 Å². The van der Waals surface area contributed by atoms with Crippen molar-refractivity contribution in [3.05, 3.63) is 101 Å². The zero-order valence-electron chi connectivity index (χ0n) is 28.7. The molecule has 0 unspecified atom stereocenters. The first-order valence-electron chi connectivity index (χ1n) is 16.9. The molecule has 0 spiro atoms. The molecule has 0 saturated heterocycles. The van der Waals surface area contributed by atoms with Gasteiger partial charge in [0.15, 0.2) is 0 Å². The minimum absolute atomic E-state index is 0.0541. The van der Waals surface area contributed by atoms with Crippen molar-refractivity contribution in [3.8, 4) is 5.75 Å². The number of hydrogen-bond donors (Lipinski definition) is 4. The second-order valence-electron chi connectivity index (χ2n) is 12.9. The standard InChI is InChI=1S/C38H46FN5O6/c1-25(2)21-28-24-50-33-16-10-8-14-29(33)36(47)43-31(37(48)40-20-19-27-13-7-9-15-30(27)39)17-18-34(45)42-32(22-26-11-5-4-6-12-26)38(49)44(3)23-35(46)41-28/h4-16,25,28,31-32H,17-24H2,1-3H3,(H,40,48)(H,41,46)(H,42,45)(H,43,47)/t28-,31-,32-/m0/s1. The average molecular weight is 688 g/mol. The van der Waals surface area contributed by atoms with Gasteiger partial charge in [0, 0.05) is 26.4 Å². The zero-order valence-corrected chi connectivity index (χ0v) is 28.7. The van der Waals surface area contributed by atoms with Gasteiger partial charge >= 0.3 is 0 Å². The third kappa shape index (κ3) is 11.4. The van der Waals surface area contributed by atoms with Gasteiger partial charge < -0.3 is 30.9 Å². The smallest absolute Gasteiger partial charge is 0.255 e. The van der Waals surface area contributed by atoms with E-state index in [1.165, 1.54) is 18.0 Å². The van der Waals surface area contributed by atoms with Crippen LogP contribution in [0.1, 0.15) is 54.6 Å². The van der Waals surface area contributed by atoms with Gasteiger partial charge in [-0.1, -0.05) is 74.5 Å². The lowest BCUT2D eigenvalue weighted by atomic mass is 10.0. The van der Waals surface area contributed by atoms with Crippen LogP contribution in [0.2, 0.25) is 0 Å². The Labute approximate surface area is 292 Å². The van der Waals surface area contributed by atoms with Crippen molar-refractivity contribution >= 4 is 29.5 Å². The summed E-state index contributed by atoms with van der Waals surface area (Å²) < 4.78 is 20.3. The maximum Gasteiger partial charge on any atom is 0.255 e. The molecule has 0 fully saturated rings. The molecule has 4 rings (SSSR count). The number of halogens is 1. The molecule has 11 nitrogen and oxygen atoms in total. The average Bonchev–Trinajstić information content (AvgIpc) is 3.09. The molecule has 4 N–H and O–H groups in total. The quantitative estimate of drug-likeness (QED) is 0.286. The van der Waals surface area contributed by atoms with Gasteiger partial charge in [-0.25, -0.2) is 4.39 Å². The molecule has 1 heterocycles. The van der Waals surface area contributed by atoms with Crippen molar-refractivity contribution in [2.75, 3.05) is 26.7 Å². The summed E-state index contributed by atoms with van der Waals surface area (Å²) in [4.78, 5) is 68.5. The maximum absolute atomic E-state index is 14.2. The highest BCUT2D eigenvalue weighted by molar-refractivity contribution is 6.00. The molecule has 12 heteroatoms. The number of hydrogen-bond acceptors (Lipinski definition) is 6. The highest BCUT2D eigenvalue weighted by Crippen LogP contribution is 2.20. The third-order valence-corrected chi connectivity index (χ3v) is 8.30. The van der Waals surface area contributed by atoms with E-state index < -0.39 is 47.7 Å². The van der Waals surface area contributed by atoms with Crippen LogP contribution < -0.4 is 26.0 Å². The van der Waals surface area contributed by atoms with E-state index in [0.717, 1.165) is 5.56 Å². The Hall–Kier alpha value is -5.26. The first-order valence-corrected chi connectivity index (χ1v) is 16.9. The number of carbonyl (C=O) groups is 5. The van der Waals surface area contributed by atoms with Crippen molar-refractivity contribution in [3.63, 3.8) is 0 Å². The number of nitrogens with one attached hydrogen (secondary N) is 4. The number of rotatable bonds is 8. The minimum Gasteiger partial charge on any atom is -0.491 e. The van der Waals surface area contributed by atoms with Gasteiger partial charge in [-0.2, -0.15) is 0 Å². The summed E-state index contributed by atoms with van der Waals surface area (Å²) in [5.41, 5.74) is 1.40. The molecule has 3 atom stereocenters. The number of para-hydroxylation sites is 1.